The number of allylic oxidation sites excluding steroid dienone is 4. The molecule has 0 aromatic rings. The van der Waals surface area contributed by atoms with Gasteiger partial charge in [0.1, 0.15) is 13.2 Å². The lowest BCUT2D eigenvalue weighted by Gasteiger charge is -2.26. The number of carboxylic acids is 1. The van der Waals surface area contributed by atoms with E-state index < -0.39 is 24.3 Å². The smallest absolute Gasteiger partial charge is 0.306 e. The van der Waals surface area contributed by atoms with Gasteiger partial charge in [-0.25, -0.2) is 0 Å². The van der Waals surface area contributed by atoms with Crippen LogP contribution in [-0.4, -0.2) is 82.3 Å². The van der Waals surface area contributed by atoms with Gasteiger partial charge in [0.15, 0.2) is 12.4 Å². The Balaban J connectivity index is 3.89. The molecular weight excluding hydrogens is 1210 g/mol. The van der Waals surface area contributed by atoms with Crippen LogP contribution in [0.1, 0.15) is 470 Å². The molecule has 9 nitrogen and oxygen atoms in total. The maximum absolute atomic E-state index is 13.0. The number of carboxylic acid groups (broad SMARTS) is 1. The van der Waals surface area contributed by atoms with Gasteiger partial charge in [-0.05, 0) is 44.9 Å². The van der Waals surface area contributed by atoms with Gasteiger partial charge in [-0.2, -0.15) is 0 Å². The third kappa shape index (κ3) is 81.1. The van der Waals surface area contributed by atoms with Crippen LogP contribution in [0.15, 0.2) is 24.3 Å². The predicted octanol–water partition coefficient (Wildman–Crippen LogP) is 27.1. The molecule has 0 aromatic carbocycles. The maximum atomic E-state index is 13.0. The zero-order valence-corrected chi connectivity index (χ0v) is 66.7. The van der Waals surface area contributed by atoms with Crippen molar-refractivity contribution < 1.29 is 42.9 Å². The molecule has 0 heterocycles. The average Bonchev–Trinajstić information content (AvgIpc) is 1.40. The van der Waals surface area contributed by atoms with Crippen molar-refractivity contribution in [1.82, 2.24) is 0 Å². The van der Waals surface area contributed by atoms with Gasteiger partial charge in [-0.3, -0.25) is 9.59 Å². The number of quaternary nitrogens is 1. The van der Waals surface area contributed by atoms with Crippen molar-refractivity contribution in [3.05, 3.63) is 24.3 Å². The molecule has 2 unspecified atom stereocenters. The number of hydrogen-bond acceptors (Lipinski definition) is 8. The molecule has 0 saturated heterocycles. The second kappa shape index (κ2) is 80.5. The molecule has 0 radical (unpaired) electrons. The Kier molecular flexibility index (Phi) is 78.6. The number of carbonyl (C=O) groups is 3. The van der Waals surface area contributed by atoms with Crippen LogP contribution in [0, 0.1) is 0 Å². The van der Waals surface area contributed by atoms with Gasteiger partial charge in [0.05, 0.1) is 40.3 Å². The minimum atomic E-state index is -1.62. The zero-order chi connectivity index (χ0) is 71.1. The Morgan fingerprint density at radius 3 is 0.806 bits per heavy atom. The average molecular weight is 1380 g/mol. The van der Waals surface area contributed by atoms with Crippen molar-refractivity contribution >= 4 is 17.9 Å². The summed E-state index contributed by atoms with van der Waals surface area (Å²) in [4.78, 5) is 37.7. The summed E-state index contributed by atoms with van der Waals surface area (Å²) < 4.78 is 22.9. The van der Waals surface area contributed by atoms with Crippen LogP contribution >= 0.6 is 0 Å². The maximum Gasteiger partial charge on any atom is 0.306 e. The third-order valence-electron chi connectivity index (χ3n) is 20.5. The number of nitrogens with zero attached hydrogens (tertiary/aromatic N) is 1. The summed E-state index contributed by atoms with van der Waals surface area (Å²) in [6, 6.07) is 0. The Labute approximate surface area is 611 Å². The summed E-state index contributed by atoms with van der Waals surface area (Å²) in [5.41, 5.74) is 0. The van der Waals surface area contributed by atoms with E-state index in [9.17, 15) is 19.5 Å². The largest absolute Gasteiger partial charge is 0.545 e. The van der Waals surface area contributed by atoms with Crippen molar-refractivity contribution in [2.45, 2.75) is 482 Å². The van der Waals surface area contributed by atoms with E-state index >= 15 is 0 Å². The van der Waals surface area contributed by atoms with Crippen LogP contribution in [0.2, 0.25) is 0 Å². The van der Waals surface area contributed by atoms with Crippen molar-refractivity contribution in [2.75, 3.05) is 47.5 Å². The molecule has 2 atom stereocenters. The number of carbonyl (C=O) groups excluding carboxylic acids is 3. The minimum Gasteiger partial charge on any atom is -0.545 e. The zero-order valence-electron chi connectivity index (χ0n) is 66.7. The first kappa shape index (κ1) is 95.8. The SMILES string of the molecule is CCCCCCC/C=C\C/C=C\CCCCCCCCCCCCCCCCCCCCCCCCCCCCCCCC(=O)OC(COC(=O)CCCCCCCCCCCCCCCCCCCCCCCCCCCCCCCCCC)COC(OCC[N+](C)(C)C)C(=O)[O-]. The first-order valence-electron chi connectivity index (χ1n) is 44.0. The second-order valence-corrected chi connectivity index (χ2v) is 31.5. The Hall–Kier alpha value is -2.23. The minimum absolute atomic E-state index is 0.153. The van der Waals surface area contributed by atoms with E-state index in [1.165, 1.54) is 398 Å². The fourth-order valence-corrected chi connectivity index (χ4v) is 13.8. The highest BCUT2D eigenvalue weighted by molar-refractivity contribution is 5.70. The monoisotopic (exact) mass is 1380 g/mol. The predicted molar refractivity (Wildman–Crippen MR) is 422 cm³/mol. The van der Waals surface area contributed by atoms with Crippen LogP contribution in [0.25, 0.3) is 0 Å². The lowest BCUT2D eigenvalue weighted by atomic mass is 10.0. The van der Waals surface area contributed by atoms with E-state index in [-0.39, 0.29) is 32.2 Å². The van der Waals surface area contributed by atoms with Crippen molar-refractivity contribution in [2.24, 2.45) is 0 Å². The molecule has 0 fully saturated rings. The summed E-state index contributed by atoms with van der Waals surface area (Å²) >= 11 is 0. The lowest BCUT2D eigenvalue weighted by Crippen LogP contribution is -2.44. The summed E-state index contributed by atoms with van der Waals surface area (Å²) in [6.07, 6.45) is 101. The van der Waals surface area contributed by atoms with E-state index in [1.54, 1.807) is 0 Å². The van der Waals surface area contributed by atoms with Crippen molar-refractivity contribution in [1.29, 1.82) is 0 Å². The number of ether oxygens (including phenoxy) is 4. The van der Waals surface area contributed by atoms with Gasteiger partial charge in [0, 0.05) is 12.8 Å². The first-order chi connectivity index (χ1) is 48.1. The van der Waals surface area contributed by atoms with Gasteiger partial charge >= 0.3 is 11.9 Å². The van der Waals surface area contributed by atoms with Crippen LogP contribution in [0.5, 0.6) is 0 Å². The van der Waals surface area contributed by atoms with Gasteiger partial charge in [-0.1, -0.05) is 436 Å². The molecule has 0 N–H and O–H groups in total. The molecule has 0 saturated carbocycles. The Morgan fingerprint density at radius 1 is 0.306 bits per heavy atom. The highest BCUT2D eigenvalue weighted by atomic mass is 16.7. The fourth-order valence-electron chi connectivity index (χ4n) is 13.8. The van der Waals surface area contributed by atoms with Crippen molar-refractivity contribution in [3.63, 3.8) is 0 Å². The lowest BCUT2D eigenvalue weighted by molar-refractivity contribution is -0.870. The van der Waals surface area contributed by atoms with Crippen molar-refractivity contribution in [3.8, 4) is 0 Å². The van der Waals surface area contributed by atoms with Gasteiger partial charge < -0.3 is 33.3 Å². The van der Waals surface area contributed by atoms with Crippen LogP contribution in [0.3, 0.4) is 0 Å². The van der Waals surface area contributed by atoms with Crippen LogP contribution in [0.4, 0.5) is 0 Å². The summed E-state index contributed by atoms with van der Waals surface area (Å²) in [5.74, 6) is -2.24. The van der Waals surface area contributed by atoms with E-state index in [2.05, 4.69) is 38.2 Å². The highest BCUT2D eigenvalue weighted by Crippen LogP contribution is 2.21. The molecule has 580 valence electrons. The van der Waals surface area contributed by atoms with Crippen LogP contribution in [-0.2, 0) is 33.3 Å². The number of unbranched alkanes of at least 4 members (excludes halogenated alkanes) is 65. The summed E-state index contributed by atoms with van der Waals surface area (Å²) in [5, 5.41) is 11.9. The fraction of sp³-hybridized carbons (Fsp3) is 0.921. The summed E-state index contributed by atoms with van der Waals surface area (Å²) in [7, 11) is 5.96. The molecule has 0 rings (SSSR count). The molecule has 0 aliphatic rings. The number of rotatable bonds is 84. The molecule has 0 aliphatic carbocycles. The number of aliphatic carboxylic acids is 1. The standard InChI is InChI=1S/C89H171NO8/c1-6-8-10-12-14-16-18-20-22-24-26-28-30-32-34-36-38-40-41-42-43-44-45-46-47-48-50-52-54-56-58-60-62-64-66-68-70-72-74-76-78-80-87(92)98-85(84-97-89(88(93)94)95-82-81-90(3,4)5)83-96-86(91)79-77-75-73-71-69-67-65-63-61-59-57-55-53-51-49-39-37-35-33-31-29-27-25-23-21-19-17-15-13-11-9-7-2/h18,20,24,26,85,89H,6-17,19,21-23,25,27-84H2,1-5H3/b20-18-,26-24-. The van der Waals surface area contributed by atoms with Crippen LogP contribution < -0.4 is 5.11 Å². The number of likely N-dealkylation sites (N-methyl/N-ethyl adjacent to an activating group) is 1. The van der Waals surface area contributed by atoms with E-state index in [1.807, 2.05) is 21.1 Å². The molecular formula is C89H171NO8. The van der Waals surface area contributed by atoms with Gasteiger partial charge in [0.2, 0.25) is 0 Å². The van der Waals surface area contributed by atoms with Gasteiger partial charge in [-0.15, -0.1) is 0 Å². The van der Waals surface area contributed by atoms with E-state index in [0.717, 1.165) is 44.9 Å². The summed E-state index contributed by atoms with van der Waals surface area (Å²) in [6.45, 7) is 4.84. The van der Waals surface area contributed by atoms with E-state index in [4.69, 9.17) is 18.9 Å². The normalized spacial score (nSPS) is 12.6. The molecule has 0 spiro atoms. The molecule has 0 amide bonds. The number of esters is 2. The molecule has 0 aromatic heterocycles. The first-order valence-corrected chi connectivity index (χ1v) is 44.0. The highest BCUT2D eigenvalue weighted by Gasteiger charge is 2.22. The Morgan fingerprint density at radius 2 is 0.551 bits per heavy atom. The third-order valence-corrected chi connectivity index (χ3v) is 20.5. The molecule has 9 heteroatoms. The molecule has 0 bridgehead atoms. The van der Waals surface area contributed by atoms with Gasteiger partial charge in [0.25, 0.3) is 0 Å². The molecule has 0 aliphatic heterocycles. The van der Waals surface area contributed by atoms with E-state index in [0.29, 0.717) is 17.4 Å². The quantitative estimate of drug-likeness (QED) is 0.0195. The second-order valence-electron chi connectivity index (χ2n) is 31.5. The Bertz CT molecular complexity index is 1660. The molecule has 98 heavy (non-hydrogen) atoms. The number of hydrogen-bond donors (Lipinski definition) is 0. The topological polar surface area (TPSA) is 111 Å².